The largest absolute Gasteiger partial charge is 0.494 e. The minimum Gasteiger partial charge on any atom is -0.494 e. The van der Waals surface area contributed by atoms with Gasteiger partial charge in [0.25, 0.3) is 0 Å². The quantitative estimate of drug-likeness (QED) is 0.825. The van der Waals surface area contributed by atoms with Crippen molar-refractivity contribution >= 4 is 0 Å². The molecule has 0 aliphatic heterocycles. The van der Waals surface area contributed by atoms with Gasteiger partial charge >= 0.3 is 0 Å². The molecule has 0 aromatic heterocycles. The van der Waals surface area contributed by atoms with Gasteiger partial charge in [-0.05, 0) is 36.6 Å². The van der Waals surface area contributed by atoms with Crippen molar-refractivity contribution in [3.63, 3.8) is 0 Å². The van der Waals surface area contributed by atoms with Crippen molar-refractivity contribution in [2.45, 2.75) is 32.1 Å². The van der Waals surface area contributed by atoms with Gasteiger partial charge in [-0.1, -0.05) is 37.5 Å². The van der Waals surface area contributed by atoms with Crippen molar-refractivity contribution in [1.29, 1.82) is 0 Å². The number of hydrogen-bond donors (Lipinski definition) is 1. The predicted octanol–water partition coefficient (Wildman–Crippen LogP) is 2.99. The van der Waals surface area contributed by atoms with E-state index in [2.05, 4.69) is 11.8 Å². The fourth-order valence-electron chi connectivity index (χ4n) is 2.42. The molecule has 0 amide bonds. The third-order valence-electron chi connectivity index (χ3n) is 3.44. The molecule has 0 unspecified atom stereocenters. The first-order chi connectivity index (χ1) is 8.88. The van der Waals surface area contributed by atoms with Crippen LogP contribution in [0.4, 0.5) is 0 Å². The Morgan fingerprint density at radius 1 is 1.17 bits per heavy atom. The van der Waals surface area contributed by atoms with Crippen LogP contribution >= 0.6 is 0 Å². The molecule has 2 heteroatoms. The first kappa shape index (κ1) is 13.0. The molecule has 1 aromatic rings. The van der Waals surface area contributed by atoms with Crippen LogP contribution in [0.5, 0.6) is 5.75 Å². The van der Waals surface area contributed by atoms with E-state index < -0.39 is 0 Å². The fourth-order valence-corrected chi connectivity index (χ4v) is 2.42. The highest BCUT2D eigenvalue weighted by Crippen LogP contribution is 2.27. The summed E-state index contributed by atoms with van der Waals surface area (Å²) < 4.78 is 5.73. The van der Waals surface area contributed by atoms with Gasteiger partial charge in [-0.15, -0.1) is 0 Å². The normalized spacial score (nSPS) is 15.2. The van der Waals surface area contributed by atoms with E-state index in [9.17, 15) is 0 Å². The molecule has 0 spiro atoms. The Bertz CT molecular complexity index is 405. The zero-order valence-electron chi connectivity index (χ0n) is 10.7. The van der Waals surface area contributed by atoms with Crippen LogP contribution in [-0.4, -0.2) is 18.3 Å². The summed E-state index contributed by atoms with van der Waals surface area (Å²) in [5.41, 5.74) is 0.909. The number of rotatable bonds is 4. The second kappa shape index (κ2) is 7.08. The average Bonchev–Trinajstić information content (AvgIpc) is 2.91. The lowest BCUT2D eigenvalue weighted by atomic mass is 10.1. The lowest BCUT2D eigenvalue weighted by Gasteiger charge is -2.10. The number of hydrogen-bond acceptors (Lipinski definition) is 2. The molecule has 1 N–H and O–H groups in total. The molecule has 1 aliphatic rings. The first-order valence-corrected chi connectivity index (χ1v) is 6.71. The average molecular weight is 244 g/mol. The van der Waals surface area contributed by atoms with Crippen LogP contribution in [0.25, 0.3) is 0 Å². The molecule has 0 radical (unpaired) electrons. The summed E-state index contributed by atoms with van der Waals surface area (Å²) >= 11 is 0. The van der Waals surface area contributed by atoms with Crippen molar-refractivity contribution in [2.75, 3.05) is 13.2 Å². The van der Waals surface area contributed by atoms with E-state index in [0.717, 1.165) is 23.8 Å². The highest BCUT2D eigenvalue weighted by molar-refractivity contribution is 5.38. The van der Waals surface area contributed by atoms with E-state index in [1.54, 1.807) is 0 Å². The van der Waals surface area contributed by atoms with Gasteiger partial charge in [-0.2, -0.15) is 0 Å². The van der Waals surface area contributed by atoms with Crippen molar-refractivity contribution in [3.05, 3.63) is 29.8 Å². The van der Waals surface area contributed by atoms with Gasteiger partial charge in [0.2, 0.25) is 0 Å². The smallest absolute Gasteiger partial charge is 0.119 e. The maximum atomic E-state index is 8.60. The molecule has 0 atom stereocenters. The van der Waals surface area contributed by atoms with E-state index in [1.807, 2.05) is 24.3 Å². The Morgan fingerprint density at radius 3 is 2.56 bits per heavy atom. The van der Waals surface area contributed by atoms with Crippen LogP contribution in [0.15, 0.2) is 24.3 Å². The maximum Gasteiger partial charge on any atom is 0.119 e. The molecule has 18 heavy (non-hydrogen) atoms. The predicted molar refractivity (Wildman–Crippen MR) is 72.5 cm³/mol. The maximum absolute atomic E-state index is 8.60. The van der Waals surface area contributed by atoms with Crippen LogP contribution in [0.2, 0.25) is 0 Å². The molecule has 1 fully saturated rings. The fraction of sp³-hybridized carbons (Fsp3) is 0.500. The number of aliphatic hydroxyl groups excluding tert-OH is 1. The summed E-state index contributed by atoms with van der Waals surface area (Å²) in [6.07, 6.45) is 6.70. The summed E-state index contributed by atoms with van der Waals surface area (Å²) in [5.74, 6) is 7.28. The van der Waals surface area contributed by atoms with Crippen LogP contribution < -0.4 is 4.74 Å². The molecule has 1 aromatic carbocycles. The van der Waals surface area contributed by atoms with Crippen LogP contribution in [0.3, 0.4) is 0 Å². The van der Waals surface area contributed by atoms with Gasteiger partial charge in [0.15, 0.2) is 0 Å². The third-order valence-corrected chi connectivity index (χ3v) is 3.44. The summed E-state index contributed by atoms with van der Waals surface area (Å²) in [6.45, 7) is 0.714. The van der Waals surface area contributed by atoms with Crippen LogP contribution in [0, 0.1) is 17.8 Å². The summed E-state index contributed by atoms with van der Waals surface area (Å²) in [4.78, 5) is 0. The SMILES string of the molecule is OCC#Cc1ccc(OCCC2CCCC2)cc1. The van der Waals surface area contributed by atoms with E-state index in [-0.39, 0.29) is 6.61 Å². The Hall–Kier alpha value is -1.46. The van der Waals surface area contributed by atoms with Gasteiger partial charge in [0.05, 0.1) is 6.61 Å². The lowest BCUT2D eigenvalue weighted by molar-refractivity contribution is 0.279. The molecular formula is C16H20O2. The van der Waals surface area contributed by atoms with Gasteiger partial charge in [0.1, 0.15) is 12.4 Å². The minimum atomic E-state index is -0.0976. The molecule has 96 valence electrons. The summed E-state index contributed by atoms with van der Waals surface area (Å²) in [5, 5.41) is 8.60. The van der Waals surface area contributed by atoms with Gasteiger partial charge < -0.3 is 9.84 Å². The molecule has 1 saturated carbocycles. The number of aliphatic hydroxyl groups is 1. The van der Waals surface area contributed by atoms with Gasteiger partial charge in [-0.3, -0.25) is 0 Å². The van der Waals surface area contributed by atoms with Crippen molar-refractivity contribution < 1.29 is 9.84 Å². The first-order valence-electron chi connectivity index (χ1n) is 6.71. The molecule has 2 nitrogen and oxygen atoms in total. The topological polar surface area (TPSA) is 29.5 Å². The molecule has 2 rings (SSSR count). The van der Waals surface area contributed by atoms with E-state index in [0.29, 0.717) is 0 Å². The van der Waals surface area contributed by atoms with Crippen molar-refractivity contribution in [2.24, 2.45) is 5.92 Å². The van der Waals surface area contributed by atoms with Gasteiger partial charge in [-0.25, -0.2) is 0 Å². The second-order valence-corrected chi connectivity index (χ2v) is 4.77. The van der Waals surface area contributed by atoms with Crippen LogP contribution in [0.1, 0.15) is 37.7 Å². The molecule has 0 heterocycles. The summed E-state index contributed by atoms with van der Waals surface area (Å²) in [7, 11) is 0. The Labute approximate surface area is 109 Å². The Balaban J connectivity index is 1.75. The zero-order chi connectivity index (χ0) is 12.6. The highest BCUT2D eigenvalue weighted by atomic mass is 16.5. The standard InChI is InChI=1S/C16H20O2/c17-12-3-6-15-7-9-16(10-8-15)18-13-11-14-4-1-2-5-14/h7-10,14,17H,1-2,4-5,11-13H2. The number of ether oxygens (including phenoxy) is 1. The highest BCUT2D eigenvalue weighted by Gasteiger charge is 2.14. The Kier molecular flexibility index (Phi) is 5.11. The zero-order valence-corrected chi connectivity index (χ0v) is 10.7. The van der Waals surface area contributed by atoms with E-state index in [4.69, 9.17) is 9.84 Å². The molecule has 1 aliphatic carbocycles. The Morgan fingerprint density at radius 2 is 1.89 bits per heavy atom. The van der Waals surface area contributed by atoms with Crippen LogP contribution in [-0.2, 0) is 0 Å². The van der Waals surface area contributed by atoms with E-state index >= 15 is 0 Å². The second-order valence-electron chi connectivity index (χ2n) is 4.77. The van der Waals surface area contributed by atoms with Crippen molar-refractivity contribution in [1.82, 2.24) is 0 Å². The van der Waals surface area contributed by atoms with E-state index in [1.165, 1.54) is 32.1 Å². The summed E-state index contributed by atoms with van der Waals surface area (Å²) in [6, 6.07) is 7.73. The third kappa shape index (κ3) is 4.09. The molecular weight excluding hydrogens is 224 g/mol. The molecule has 0 saturated heterocycles. The number of benzene rings is 1. The van der Waals surface area contributed by atoms with Crippen molar-refractivity contribution in [3.8, 4) is 17.6 Å². The minimum absolute atomic E-state index is 0.0976. The monoisotopic (exact) mass is 244 g/mol. The van der Waals surface area contributed by atoms with Gasteiger partial charge in [0, 0.05) is 5.56 Å². The lowest BCUT2D eigenvalue weighted by Crippen LogP contribution is -2.03. The molecule has 0 bridgehead atoms.